The first kappa shape index (κ1) is 33.4. The average molecular weight is 487 g/mol. The van der Waals surface area contributed by atoms with Gasteiger partial charge in [0.25, 0.3) is 0 Å². The molecule has 0 aliphatic carbocycles. The van der Waals surface area contributed by atoms with E-state index in [4.69, 9.17) is 18.9 Å². The largest absolute Gasteiger partial charge is 0.466 e. The van der Waals surface area contributed by atoms with Crippen LogP contribution >= 0.6 is 0 Å². The highest BCUT2D eigenvalue weighted by molar-refractivity contribution is 5.69. The summed E-state index contributed by atoms with van der Waals surface area (Å²) in [6.07, 6.45) is 20.9. The van der Waals surface area contributed by atoms with Crippen LogP contribution in [0.1, 0.15) is 130 Å². The van der Waals surface area contributed by atoms with Gasteiger partial charge in [-0.05, 0) is 25.2 Å². The molecule has 0 aromatic rings. The van der Waals surface area contributed by atoms with Crippen molar-refractivity contribution >= 4 is 5.97 Å². The molecule has 0 unspecified atom stereocenters. The van der Waals surface area contributed by atoms with Crippen LogP contribution < -0.4 is 0 Å². The lowest BCUT2D eigenvalue weighted by Crippen LogP contribution is -2.11. The Kier molecular flexibility index (Phi) is 28.0. The third-order valence-electron chi connectivity index (χ3n) is 6.01. The van der Waals surface area contributed by atoms with E-state index in [-0.39, 0.29) is 5.97 Å². The van der Waals surface area contributed by atoms with E-state index >= 15 is 0 Å². The Morgan fingerprint density at radius 3 is 1.47 bits per heavy atom. The van der Waals surface area contributed by atoms with Crippen LogP contribution in [0.3, 0.4) is 0 Å². The fourth-order valence-corrected chi connectivity index (χ4v) is 3.73. The van der Waals surface area contributed by atoms with Gasteiger partial charge in [0.05, 0.1) is 33.0 Å². The van der Waals surface area contributed by atoms with E-state index in [1.165, 1.54) is 77.0 Å². The lowest BCUT2D eigenvalue weighted by Gasteiger charge is -2.08. The molecule has 204 valence electrons. The second-order valence-corrected chi connectivity index (χ2v) is 9.94. The van der Waals surface area contributed by atoms with E-state index in [1.54, 1.807) is 0 Å². The van der Waals surface area contributed by atoms with Crippen molar-refractivity contribution in [3.05, 3.63) is 0 Å². The lowest BCUT2D eigenvalue weighted by molar-refractivity contribution is -0.144. The highest BCUT2D eigenvalue weighted by Gasteiger charge is 2.03. The zero-order chi connectivity index (χ0) is 25.0. The van der Waals surface area contributed by atoms with E-state index in [0.29, 0.717) is 58.4 Å². The van der Waals surface area contributed by atoms with Crippen LogP contribution in [0.15, 0.2) is 0 Å². The Hall–Kier alpha value is -0.650. The third kappa shape index (κ3) is 29.4. The molecule has 0 fully saturated rings. The van der Waals surface area contributed by atoms with Gasteiger partial charge in [0.15, 0.2) is 0 Å². The van der Waals surface area contributed by atoms with Gasteiger partial charge in [0, 0.05) is 19.6 Å². The number of hydrogen-bond donors (Lipinski definition) is 0. The van der Waals surface area contributed by atoms with Crippen LogP contribution in [0.5, 0.6) is 0 Å². The summed E-state index contributed by atoms with van der Waals surface area (Å²) in [7, 11) is 0. The summed E-state index contributed by atoms with van der Waals surface area (Å²) in [5, 5.41) is 0. The van der Waals surface area contributed by atoms with E-state index in [9.17, 15) is 4.79 Å². The van der Waals surface area contributed by atoms with E-state index in [2.05, 4.69) is 20.8 Å². The molecule has 0 spiro atoms. The molecule has 0 aromatic heterocycles. The van der Waals surface area contributed by atoms with E-state index < -0.39 is 0 Å². The van der Waals surface area contributed by atoms with Gasteiger partial charge in [-0.3, -0.25) is 4.79 Å². The lowest BCUT2D eigenvalue weighted by atomic mass is 10.0. The Balaban J connectivity index is 3.15. The van der Waals surface area contributed by atoms with Gasteiger partial charge in [-0.2, -0.15) is 0 Å². The van der Waals surface area contributed by atoms with Crippen LogP contribution in [0.4, 0.5) is 0 Å². The van der Waals surface area contributed by atoms with Crippen molar-refractivity contribution in [1.29, 1.82) is 0 Å². The number of rotatable bonds is 28. The number of ether oxygens (including phenoxy) is 4. The summed E-state index contributed by atoms with van der Waals surface area (Å²) >= 11 is 0. The minimum Gasteiger partial charge on any atom is -0.466 e. The van der Waals surface area contributed by atoms with Crippen LogP contribution in [0.25, 0.3) is 0 Å². The molecule has 0 radical (unpaired) electrons. The van der Waals surface area contributed by atoms with Crippen LogP contribution in [0, 0.1) is 5.92 Å². The molecule has 5 nitrogen and oxygen atoms in total. The Morgan fingerprint density at radius 1 is 0.529 bits per heavy atom. The molecule has 0 N–H and O–H groups in total. The molecule has 0 amide bonds. The average Bonchev–Trinajstić information content (AvgIpc) is 2.82. The molecular weight excluding hydrogens is 428 g/mol. The summed E-state index contributed by atoms with van der Waals surface area (Å²) in [5.74, 6) is 0.573. The first-order chi connectivity index (χ1) is 16.7. The van der Waals surface area contributed by atoms with Gasteiger partial charge in [0.2, 0.25) is 0 Å². The summed E-state index contributed by atoms with van der Waals surface area (Å²) < 4.78 is 21.8. The molecule has 0 aliphatic heterocycles. The Labute approximate surface area is 212 Å². The third-order valence-corrected chi connectivity index (χ3v) is 6.01. The number of carbonyl (C=O) groups is 1. The molecule has 34 heavy (non-hydrogen) atoms. The Morgan fingerprint density at radius 2 is 0.971 bits per heavy atom. The molecule has 0 aromatic carbocycles. The first-order valence-corrected chi connectivity index (χ1v) is 14.6. The highest BCUT2D eigenvalue weighted by atomic mass is 16.5. The monoisotopic (exact) mass is 486 g/mol. The maximum atomic E-state index is 11.8. The van der Waals surface area contributed by atoms with E-state index in [0.717, 1.165) is 25.9 Å². The van der Waals surface area contributed by atoms with Gasteiger partial charge < -0.3 is 18.9 Å². The fourth-order valence-electron chi connectivity index (χ4n) is 3.73. The smallest absolute Gasteiger partial charge is 0.305 e. The molecule has 0 bridgehead atoms. The van der Waals surface area contributed by atoms with Crippen molar-refractivity contribution in [2.45, 2.75) is 130 Å². The summed E-state index contributed by atoms with van der Waals surface area (Å²) in [4.78, 5) is 11.8. The molecule has 0 saturated heterocycles. The summed E-state index contributed by atoms with van der Waals surface area (Å²) in [6, 6.07) is 0. The predicted molar refractivity (Wildman–Crippen MR) is 142 cm³/mol. The van der Waals surface area contributed by atoms with Gasteiger partial charge in [0.1, 0.15) is 0 Å². The van der Waals surface area contributed by atoms with E-state index in [1.807, 2.05) is 0 Å². The van der Waals surface area contributed by atoms with Gasteiger partial charge >= 0.3 is 5.97 Å². The molecule has 0 atom stereocenters. The molecule has 0 saturated carbocycles. The Bertz CT molecular complexity index is 400. The van der Waals surface area contributed by atoms with Crippen LogP contribution in [-0.4, -0.2) is 52.2 Å². The van der Waals surface area contributed by atoms with Crippen molar-refractivity contribution in [2.24, 2.45) is 5.92 Å². The van der Waals surface area contributed by atoms with Crippen molar-refractivity contribution in [3.8, 4) is 0 Å². The standard InChI is InChI=1S/C29H58O5/c1-4-5-6-7-8-9-10-11-12-13-14-15-16-17-22-34-29(30)19-18-21-31-24-26-33-27-25-32-23-20-28(2)3/h28H,4-27H2,1-3H3. The minimum absolute atomic E-state index is 0.104. The number of carbonyl (C=O) groups excluding carboxylic acids is 1. The van der Waals surface area contributed by atoms with Crippen molar-refractivity contribution < 1.29 is 23.7 Å². The van der Waals surface area contributed by atoms with Crippen molar-refractivity contribution in [3.63, 3.8) is 0 Å². The maximum absolute atomic E-state index is 11.8. The second kappa shape index (κ2) is 28.6. The topological polar surface area (TPSA) is 54.0 Å². The molecular formula is C29H58O5. The first-order valence-electron chi connectivity index (χ1n) is 14.6. The van der Waals surface area contributed by atoms with Crippen LogP contribution in [-0.2, 0) is 23.7 Å². The molecule has 5 heteroatoms. The van der Waals surface area contributed by atoms with Gasteiger partial charge in [-0.15, -0.1) is 0 Å². The predicted octanol–water partition coefficient (Wildman–Crippen LogP) is 7.89. The molecule has 0 aliphatic rings. The highest BCUT2D eigenvalue weighted by Crippen LogP contribution is 2.13. The zero-order valence-corrected chi connectivity index (χ0v) is 23.1. The second-order valence-electron chi connectivity index (χ2n) is 9.94. The SMILES string of the molecule is CCCCCCCCCCCCCCCCOC(=O)CCCOCCOCCOCCC(C)C. The normalized spacial score (nSPS) is 11.4. The molecule has 0 rings (SSSR count). The van der Waals surface area contributed by atoms with Crippen LogP contribution in [0.2, 0.25) is 0 Å². The van der Waals surface area contributed by atoms with Gasteiger partial charge in [-0.1, -0.05) is 104 Å². The maximum Gasteiger partial charge on any atom is 0.305 e. The summed E-state index contributed by atoms with van der Waals surface area (Å²) in [6.45, 7) is 11.0. The number of esters is 1. The zero-order valence-electron chi connectivity index (χ0n) is 23.1. The fraction of sp³-hybridized carbons (Fsp3) is 0.966. The van der Waals surface area contributed by atoms with Crippen molar-refractivity contribution in [1.82, 2.24) is 0 Å². The van der Waals surface area contributed by atoms with Crippen molar-refractivity contribution in [2.75, 3.05) is 46.2 Å². The quantitative estimate of drug-likeness (QED) is 0.0831. The number of unbranched alkanes of at least 4 members (excludes halogenated alkanes) is 13. The van der Waals surface area contributed by atoms with Gasteiger partial charge in [-0.25, -0.2) is 0 Å². The summed E-state index contributed by atoms with van der Waals surface area (Å²) in [5.41, 5.74) is 0. The minimum atomic E-state index is -0.104. The number of hydrogen-bond acceptors (Lipinski definition) is 5. The molecule has 0 heterocycles.